The number of halogens is 3. The molecule has 0 atom stereocenters. The number of hydrogen-bond acceptors (Lipinski definition) is 2. The molecule has 0 bridgehead atoms. The molecule has 56 heavy (non-hydrogen) atoms. The number of aliphatic carboxylic acids is 2. The predicted molar refractivity (Wildman–Crippen MR) is 232 cm³/mol. The molecule has 3 aromatic carbocycles. The number of allylic oxidation sites excluding steroid dienone is 2. The third-order valence-electron chi connectivity index (χ3n) is 10.5. The van der Waals surface area contributed by atoms with Gasteiger partial charge in [0.05, 0.1) is 0 Å². The van der Waals surface area contributed by atoms with Gasteiger partial charge in [-0.1, -0.05) is 101 Å². The van der Waals surface area contributed by atoms with Gasteiger partial charge in [-0.2, -0.15) is 0 Å². The topological polar surface area (TPSA) is 74.6 Å². The minimum absolute atomic E-state index is 0. The van der Waals surface area contributed by atoms with Crippen molar-refractivity contribution in [3.63, 3.8) is 0 Å². The Morgan fingerprint density at radius 1 is 0.464 bits per heavy atom. The van der Waals surface area contributed by atoms with Crippen molar-refractivity contribution in [2.24, 2.45) is 11.8 Å². The van der Waals surface area contributed by atoms with E-state index in [1.165, 1.54) is 138 Å². The fourth-order valence-electron chi connectivity index (χ4n) is 7.37. The Bertz CT molecular complexity index is 1400. The largest absolute Gasteiger partial charge is 2.00 e. The molecule has 4 saturated carbocycles. The van der Waals surface area contributed by atoms with Crippen molar-refractivity contribution >= 4 is 77.5 Å². The summed E-state index contributed by atoms with van der Waals surface area (Å²) in [6.07, 6.45) is 27.4. The Balaban J connectivity index is 0.000000389. The summed E-state index contributed by atoms with van der Waals surface area (Å²) in [4.78, 5) is 20.6. The van der Waals surface area contributed by atoms with Gasteiger partial charge < -0.3 is 10.2 Å². The first-order valence-corrected chi connectivity index (χ1v) is 24.9. The van der Waals surface area contributed by atoms with Gasteiger partial charge in [-0.05, 0) is 51.4 Å². The second-order valence-electron chi connectivity index (χ2n) is 14.7. The quantitative estimate of drug-likeness (QED) is 0.183. The van der Waals surface area contributed by atoms with Crippen LogP contribution in [0.3, 0.4) is 0 Å². The normalized spacial score (nSPS) is 16.7. The van der Waals surface area contributed by atoms with E-state index in [0.717, 1.165) is 26.2 Å². The van der Waals surface area contributed by atoms with E-state index in [1.54, 1.807) is 0 Å². The van der Waals surface area contributed by atoms with E-state index >= 15 is 0 Å². The van der Waals surface area contributed by atoms with Gasteiger partial charge in [0.2, 0.25) is 0 Å². The van der Waals surface area contributed by atoms with Crippen LogP contribution in [0.5, 0.6) is 0 Å². The summed E-state index contributed by atoms with van der Waals surface area (Å²) in [6, 6.07) is 24.5. The second-order valence-corrected chi connectivity index (χ2v) is 22.4. The van der Waals surface area contributed by atoms with Crippen molar-refractivity contribution in [3.8, 4) is 0 Å². The molecule has 306 valence electrons. The van der Waals surface area contributed by atoms with E-state index in [2.05, 4.69) is 36.4 Å². The molecule has 0 aliphatic heterocycles. The average Bonchev–Trinajstić information content (AvgIpc) is 4.01. The second kappa shape index (κ2) is 30.8. The van der Waals surface area contributed by atoms with E-state index < -0.39 is 32.1 Å². The molecule has 4 aliphatic rings. The van der Waals surface area contributed by atoms with Crippen LogP contribution in [0, 0.1) is 11.8 Å². The maximum Gasteiger partial charge on any atom is 2.00 e. The molecule has 2 N–H and O–H groups in total. The van der Waals surface area contributed by atoms with Crippen LogP contribution in [0.15, 0.2) is 96.1 Å². The van der Waals surface area contributed by atoms with Gasteiger partial charge in [0.15, 0.2) is 0 Å². The van der Waals surface area contributed by atoms with Gasteiger partial charge in [0.25, 0.3) is 0 Å². The van der Waals surface area contributed by atoms with Crippen molar-refractivity contribution in [2.45, 2.75) is 129 Å². The molecule has 0 amide bonds. The molecule has 0 aromatic heterocycles. The van der Waals surface area contributed by atoms with Crippen molar-refractivity contribution < 1.29 is 53.9 Å². The molecule has 0 radical (unpaired) electrons. The van der Waals surface area contributed by atoms with Crippen molar-refractivity contribution in [3.05, 3.63) is 111 Å². The Labute approximate surface area is 380 Å². The number of benzene rings is 3. The minimum atomic E-state index is -2.08. The molecule has 10 heteroatoms. The third-order valence-corrected chi connectivity index (χ3v) is 18.2. The number of carboxylic acid groups (broad SMARTS) is 2. The zero-order valence-electron chi connectivity index (χ0n) is 33.0. The van der Waals surface area contributed by atoms with Crippen LogP contribution in [-0.2, 0) is 43.7 Å². The molecular formula is C46H60Cl3Fe2O4Sb+4. The fourth-order valence-corrected chi connectivity index (χ4v) is 14.1. The Morgan fingerprint density at radius 3 is 0.875 bits per heavy atom. The summed E-state index contributed by atoms with van der Waals surface area (Å²) in [6.45, 7) is 3.84. The average molecular weight is 1020 g/mol. The van der Waals surface area contributed by atoms with Gasteiger partial charge in [0.1, 0.15) is 0 Å². The van der Waals surface area contributed by atoms with Crippen molar-refractivity contribution in [2.75, 3.05) is 0 Å². The van der Waals surface area contributed by atoms with Gasteiger partial charge in [-0.3, -0.25) is 0 Å². The smallest absolute Gasteiger partial charge is 2.00 e. The first-order chi connectivity index (χ1) is 26.0. The number of rotatable bonds is 7. The van der Waals surface area contributed by atoms with Crippen LogP contribution in [0.4, 0.5) is 0 Å². The predicted octanol–water partition coefficient (Wildman–Crippen LogP) is 12.5. The molecular weight excluding hydrogens is 956 g/mol. The van der Waals surface area contributed by atoms with Crippen LogP contribution >= 0.6 is 34.8 Å². The summed E-state index contributed by atoms with van der Waals surface area (Å²) < 4.78 is 4.08. The zero-order valence-corrected chi connectivity index (χ0v) is 40.0. The van der Waals surface area contributed by atoms with Crippen LogP contribution in [0.25, 0.3) is 0 Å². The maximum atomic E-state index is 10.3. The van der Waals surface area contributed by atoms with Gasteiger partial charge in [-0.25, -0.2) is 9.59 Å². The van der Waals surface area contributed by atoms with Gasteiger partial charge in [0, 0.05) is 12.2 Å². The first kappa shape index (κ1) is 52.8. The Kier molecular flexibility index (Phi) is 29.0. The van der Waals surface area contributed by atoms with E-state index in [9.17, 15) is 9.59 Å². The van der Waals surface area contributed by atoms with Crippen LogP contribution in [0.2, 0.25) is 15.1 Å². The van der Waals surface area contributed by atoms with E-state index in [4.69, 9.17) is 45.0 Å². The fraction of sp³-hybridized carbons (Fsp3) is 0.478. The molecule has 4 fully saturated rings. The van der Waals surface area contributed by atoms with Crippen molar-refractivity contribution in [1.82, 2.24) is 0 Å². The monoisotopic (exact) mass is 1010 g/mol. The summed E-state index contributed by atoms with van der Waals surface area (Å²) in [7, 11) is 0. The first-order valence-electron chi connectivity index (χ1n) is 19.9. The minimum Gasteiger partial charge on any atom is 2.00 e. The van der Waals surface area contributed by atoms with Crippen LogP contribution in [-0.4, -0.2) is 42.4 Å². The summed E-state index contributed by atoms with van der Waals surface area (Å²) >= 11 is 16.0. The summed E-state index contributed by atoms with van der Waals surface area (Å²) in [5.74, 6) is -0.527. The molecule has 4 aliphatic carbocycles. The number of carbonyl (C=O) groups is 2. The van der Waals surface area contributed by atoms with Crippen molar-refractivity contribution in [1.29, 1.82) is 0 Å². The Hall–Kier alpha value is -1.19. The molecule has 3 aromatic rings. The number of carboxylic acids is 2. The molecule has 0 saturated heterocycles. The van der Waals surface area contributed by atoms with Crippen LogP contribution < -0.4 is 10.5 Å². The SMILES string of the molecule is C/C(=C\C(=O)O)C1CCCC1.C/C(=C\C(=O)O)C1CCCC1.C1CCCC1.C1CCCC1.Clc1cc[c]([Sb]([c]2ccc(Cl)cc2)[c]2ccc(Cl)cc2)cc1.[Fe+2].[Fe+2]. The molecule has 0 spiro atoms. The van der Waals surface area contributed by atoms with Crippen LogP contribution in [0.1, 0.15) is 129 Å². The van der Waals surface area contributed by atoms with E-state index in [1.807, 2.05) is 50.2 Å². The Morgan fingerprint density at radius 2 is 0.679 bits per heavy atom. The standard InChI is InChI=1S/2C9H14O2.3C6H4Cl.2C5H10.2Fe.Sb/c2*1-7(6-9(10)11)8-4-2-3-5-8;3*7-6-4-2-1-3-5-6;2*1-2-4-5-3-1;;;/h2*6,8H,2-5H2,1H3,(H,10,11);3*2-5H;2*1-5H2;;;/q;;;;;;;2*+2;/b2*7-6+;;;;;;;;. The molecule has 4 nitrogen and oxygen atoms in total. The zero-order chi connectivity index (χ0) is 39.1. The number of hydrogen-bond donors (Lipinski definition) is 2. The van der Waals surface area contributed by atoms with Gasteiger partial charge in [-0.15, -0.1) is 0 Å². The van der Waals surface area contributed by atoms with E-state index in [-0.39, 0.29) is 34.1 Å². The third kappa shape index (κ3) is 21.7. The molecule has 0 unspecified atom stereocenters. The summed E-state index contributed by atoms with van der Waals surface area (Å²) in [5.41, 5.74) is 2.07. The van der Waals surface area contributed by atoms with Gasteiger partial charge >= 0.3 is 199 Å². The molecule has 7 rings (SSSR count). The summed E-state index contributed by atoms with van der Waals surface area (Å²) in [5, 5.41) is 19.2. The van der Waals surface area contributed by atoms with E-state index in [0.29, 0.717) is 11.8 Å². The maximum absolute atomic E-state index is 10.3. The molecule has 0 heterocycles.